The number of carbonyl (C=O) groups excluding carboxylic acids is 1. The Balaban J connectivity index is 1.40. The fraction of sp³-hybridized carbons (Fsp3) is 0.176. The Morgan fingerprint density at radius 3 is 2.86 bits per heavy atom. The van der Waals surface area contributed by atoms with Crippen molar-refractivity contribution in [2.45, 2.75) is 6.10 Å². The van der Waals surface area contributed by atoms with Crippen LogP contribution in [-0.2, 0) is 0 Å². The molecule has 0 atom stereocenters. The molecule has 1 aliphatic rings. The minimum absolute atomic E-state index is 0.00971. The molecule has 110 valence electrons. The molecule has 5 heteroatoms. The van der Waals surface area contributed by atoms with Gasteiger partial charge in [0.25, 0.3) is 5.91 Å². The fourth-order valence-electron chi connectivity index (χ4n) is 2.53. The lowest BCUT2D eigenvalue weighted by Gasteiger charge is -2.38. The number of rotatable bonds is 3. The number of nitrogens with zero attached hydrogens (tertiary/aromatic N) is 2. The van der Waals surface area contributed by atoms with E-state index in [-0.39, 0.29) is 12.0 Å². The largest absolute Gasteiger partial charge is 0.472 e. The zero-order chi connectivity index (χ0) is 14.9. The molecule has 0 radical (unpaired) electrons. The minimum atomic E-state index is -0.0277. The van der Waals surface area contributed by atoms with Gasteiger partial charge >= 0.3 is 0 Å². The van der Waals surface area contributed by atoms with Crippen LogP contribution in [0.4, 0.5) is 0 Å². The Morgan fingerprint density at radius 1 is 1.18 bits per heavy atom. The first-order valence-electron chi connectivity index (χ1n) is 7.13. The number of hydrogen-bond acceptors (Lipinski definition) is 4. The number of ether oxygens (including phenoxy) is 1. The highest BCUT2D eigenvalue weighted by Gasteiger charge is 2.33. The van der Waals surface area contributed by atoms with Crippen LogP contribution < -0.4 is 4.74 Å². The predicted octanol–water partition coefficient (Wildman–Crippen LogP) is 2.73. The Kier molecular flexibility index (Phi) is 3.04. The molecule has 0 N–H and O–H groups in total. The van der Waals surface area contributed by atoms with Gasteiger partial charge in [-0.1, -0.05) is 18.2 Å². The highest BCUT2D eigenvalue weighted by Crippen LogP contribution is 2.21. The fourth-order valence-corrected chi connectivity index (χ4v) is 2.53. The average Bonchev–Trinajstić information content (AvgIpc) is 3.04. The monoisotopic (exact) mass is 294 g/mol. The standard InChI is InChI=1S/C17H14N2O3/c20-17(13-7-8-21-11-13)19-9-14(10-19)22-16-6-5-12-3-1-2-4-15(12)18-16/h1-8,11,14H,9-10H2. The van der Waals surface area contributed by atoms with Gasteiger partial charge in [-0.15, -0.1) is 0 Å². The lowest BCUT2D eigenvalue weighted by atomic mass is 10.1. The molecule has 1 aliphatic heterocycles. The van der Waals surface area contributed by atoms with Gasteiger partial charge in [0.1, 0.15) is 12.4 Å². The van der Waals surface area contributed by atoms with Crippen molar-refractivity contribution >= 4 is 16.8 Å². The number of fused-ring (bicyclic) bond motifs is 1. The van der Waals surface area contributed by atoms with Crippen LogP contribution in [0.25, 0.3) is 10.9 Å². The second kappa shape index (κ2) is 5.18. The van der Waals surface area contributed by atoms with Gasteiger partial charge in [-0.3, -0.25) is 4.79 Å². The Hall–Kier alpha value is -2.82. The molecule has 4 rings (SSSR count). The molecule has 1 fully saturated rings. The van der Waals surface area contributed by atoms with E-state index in [2.05, 4.69) is 4.98 Å². The van der Waals surface area contributed by atoms with E-state index in [0.29, 0.717) is 24.5 Å². The summed E-state index contributed by atoms with van der Waals surface area (Å²) in [5, 5.41) is 1.08. The van der Waals surface area contributed by atoms with Crippen molar-refractivity contribution in [3.63, 3.8) is 0 Å². The number of likely N-dealkylation sites (tertiary alicyclic amines) is 1. The van der Waals surface area contributed by atoms with E-state index in [1.54, 1.807) is 11.0 Å². The topological polar surface area (TPSA) is 55.6 Å². The van der Waals surface area contributed by atoms with Crippen molar-refractivity contribution < 1.29 is 13.9 Å². The molecule has 0 unspecified atom stereocenters. The lowest BCUT2D eigenvalue weighted by molar-refractivity contribution is 0.0161. The van der Waals surface area contributed by atoms with E-state index in [4.69, 9.17) is 9.15 Å². The van der Waals surface area contributed by atoms with Gasteiger partial charge in [-0.25, -0.2) is 4.98 Å². The number of furan rings is 1. The second-order valence-electron chi connectivity index (χ2n) is 5.30. The molecule has 0 aliphatic carbocycles. The summed E-state index contributed by atoms with van der Waals surface area (Å²) in [5.74, 6) is 0.569. The number of amides is 1. The zero-order valence-electron chi connectivity index (χ0n) is 11.8. The van der Waals surface area contributed by atoms with Crippen LogP contribution in [0.1, 0.15) is 10.4 Å². The maximum atomic E-state index is 12.1. The van der Waals surface area contributed by atoms with E-state index in [9.17, 15) is 4.79 Å². The van der Waals surface area contributed by atoms with Gasteiger partial charge < -0.3 is 14.1 Å². The molecular formula is C17H14N2O3. The first-order chi connectivity index (χ1) is 10.8. The van der Waals surface area contributed by atoms with Crippen LogP contribution in [0.15, 0.2) is 59.4 Å². The van der Waals surface area contributed by atoms with Crippen molar-refractivity contribution in [1.29, 1.82) is 0 Å². The predicted molar refractivity (Wildman–Crippen MR) is 80.8 cm³/mol. The molecule has 22 heavy (non-hydrogen) atoms. The summed E-state index contributed by atoms with van der Waals surface area (Å²) >= 11 is 0. The van der Waals surface area contributed by atoms with Crippen LogP contribution in [0.2, 0.25) is 0 Å². The normalized spacial score (nSPS) is 14.8. The van der Waals surface area contributed by atoms with Crippen molar-refractivity contribution in [3.05, 3.63) is 60.6 Å². The number of para-hydroxylation sites is 1. The number of carbonyl (C=O) groups is 1. The number of hydrogen-bond donors (Lipinski definition) is 0. The summed E-state index contributed by atoms with van der Waals surface area (Å²) in [4.78, 5) is 18.3. The highest BCUT2D eigenvalue weighted by atomic mass is 16.5. The van der Waals surface area contributed by atoms with Crippen molar-refractivity contribution in [2.24, 2.45) is 0 Å². The highest BCUT2D eigenvalue weighted by molar-refractivity contribution is 5.94. The van der Waals surface area contributed by atoms with Crippen LogP contribution in [0.5, 0.6) is 5.88 Å². The van der Waals surface area contributed by atoms with E-state index >= 15 is 0 Å². The number of pyridine rings is 1. The molecular weight excluding hydrogens is 280 g/mol. The quantitative estimate of drug-likeness (QED) is 0.745. The Bertz CT molecular complexity index is 808. The first kappa shape index (κ1) is 12.9. The third kappa shape index (κ3) is 2.30. The number of benzene rings is 1. The first-order valence-corrected chi connectivity index (χ1v) is 7.13. The lowest BCUT2D eigenvalue weighted by Crippen LogP contribution is -2.56. The van der Waals surface area contributed by atoms with Crippen LogP contribution in [-0.4, -0.2) is 35.0 Å². The molecule has 5 nitrogen and oxygen atoms in total. The molecule has 1 aromatic carbocycles. The Morgan fingerprint density at radius 2 is 2.05 bits per heavy atom. The molecule has 3 heterocycles. The molecule has 0 bridgehead atoms. The van der Waals surface area contributed by atoms with Gasteiger partial charge in [0, 0.05) is 11.5 Å². The van der Waals surface area contributed by atoms with Crippen LogP contribution in [0, 0.1) is 0 Å². The van der Waals surface area contributed by atoms with Gasteiger partial charge in [-0.05, 0) is 18.2 Å². The van der Waals surface area contributed by atoms with Crippen molar-refractivity contribution in [3.8, 4) is 5.88 Å². The maximum Gasteiger partial charge on any atom is 0.257 e. The number of aromatic nitrogens is 1. The SMILES string of the molecule is O=C(c1ccoc1)N1CC(Oc2ccc3ccccc3n2)C1. The maximum absolute atomic E-state index is 12.1. The molecule has 2 aromatic heterocycles. The molecule has 0 spiro atoms. The smallest absolute Gasteiger partial charge is 0.257 e. The second-order valence-corrected chi connectivity index (χ2v) is 5.30. The summed E-state index contributed by atoms with van der Waals surface area (Å²) in [7, 11) is 0. The van der Waals surface area contributed by atoms with Gasteiger partial charge in [-0.2, -0.15) is 0 Å². The molecule has 1 saturated heterocycles. The molecule has 3 aromatic rings. The van der Waals surface area contributed by atoms with Gasteiger partial charge in [0.2, 0.25) is 5.88 Å². The summed E-state index contributed by atoms with van der Waals surface area (Å²) in [6, 6.07) is 13.4. The third-order valence-electron chi connectivity index (χ3n) is 3.76. The van der Waals surface area contributed by atoms with Crippen LogP contribution >= 0.6 is 0 Å². The van der Waals surface area contributed by atoms with Crippen LogP contribution in [0.3, 0.4) is 0 Å². The third-order valence-corrected chi connectivity index (χ3v) is 3.76. The van der Waals surface area contributed by atoms with Crippen molar-refractivity contribution in [1.82, 2.24) is 9.88 Å². The van der Waals surface area contributed by atoms with E-state index < -0.39 is 0 Å². The average molecular weight is 294 g/mol. The van der Waals surface area contributed by atoms with Gasteiger partial charge in [0.05, 0.1) is 30.4 Å². The molecule has 1 amide bonds. The van der Waals surface area contributed by atoms with E-state index in [1.165, 1.54) is 12.5 Å². The summed E-state index contributed by atoms with van der Waals surface area (Å²) in [6.07, 6.45) is 2.95. The van der Waals surface area contributed by atoms with E-state index in [1.807, 2.05) is 36.4 Å². The van der Waals surface area contributed by atoms with Crippen molar-refractivity contribution in [2.75, 3.05) is 13.1 Å². The van der Waals surface area contributed by atoms with Gasteiger partial charge in [0.15, 0.2) is 0 Å². The molecule has 0 saturated carbocycles. The Labute approximate surface area is 127 Å². The minimum Gasteiger partial charge on any atom is -0.472 e. The summed E-state index contributed by atoms with van der Waals surface area (Å²) in [5.41, 5.74) is 1.48. The summed E-state index contributed by atoms with van der Waals surface area (Å²) < 4.78 is 10.8. The summed E-state index contributed by atoms with van der Waals surface area (Å²) in [6.45, 7) is 1.14. The zero-order valence-corrected chi connectivity index (χ0v) is 11.8. The van der Waals surface area contributed by atoms with E-state index in [0.717, 1.165) is 10.9 Å².